The van der Waals surface area contributed by atoms with Gasteiger partial charge < -0.3 is 30.1 Å². The molecule has 1 atom stereocenters. The lowest BCUT2D eigenvalue weighted by molar-refractivity contribution is -0.121. The first-order valence-corrected chi connectivity index (χ1v) is 16.3. The Labute approximate surface area is 276 Å². The van der Waals surface area contributed by atoms with Crippen molar-refractivity contribution in [1.29, 1.82) is 0 Å². The van der Waals surface area contributed by atoms with E-state index in [1.165, 1.54) is 0 Å². The van der Waals surface area contributed by atoms with Crippen molar-refractivity contribution in [2.45, 2.75) is 64.1 Å². The molecule has 1 aliphatic carbocycles. The number of methoxy groups -OCH3 is 1. The van der Waals surface area contributed by atoms with Crippen LogP contribution >= 0.6 is 11.6 Å². The molecule has 5 rings (SSSR count). The number of fused-ring (bicyclic) bond motifs is 1. The van der Waals surface area contributed by atoms with Crippen LogP contribution in [0.5, 0.6) is 11.5 Å². The third kappa shape index (κ3) is 7.92. The van der Waals surface area contributed by atoms with Crippen molar-refractivity contribution in [3.8, 4) is 11.5 Å². The molecule has 0 saturated heterocycles. The molecule has 0 spiro atoms. The molecule has 0 unspecified atom stereocenters. The Hall–Kier alpha value is -3.86. The monoisotopic (exact) mass is 649 g/mol. The third-order valence-corrected chi connectivity index (χ3v) is 9.02. The number of amides is 2. The summed E-state index contributed by atoms with van der Waals surface area (Å²) in [5.74, 6) is 2.09. The van der Waals surface area contributed by atoms with Gasteiger partial charge in [-0.15, -0.1) is 0 Å². The van der Waals surface area contributed by atoms with Gasteiger partial charge in [0.2, 0.25) is 11.8 Å². The topological polar surface area (TPSA) is 116 Å². The maximum absolute atomic E-state index is 13.8. The summed E-state index contributed by atoms with van der Waals surface area (Å²) in [6.45, 7) is 4.71. The summed E-state index contributed by atoms with van der Waals surface area (Å²) in [7, 11) is 3.68. The van der Waals surface area contributed by atoms with Gasteiger partial charge in [-0.3, -0.25) is 14.5 Å². The minimum Gasteiger partial charge on any atom is -0.493 e. The van der Waals surface area contributed by atoms with E-state index in [4.69, 9.17) is 31.2 Å². The second-order valence-corrected chi connectivity index (χ2v) is 12.8. The second-order valence-electron chi connectivity index (χ2n) is 12.4. The van der Waals surface area contributed by atoms with E-state index in [0.29, 0.717) is 34.3 Å². The van der Waals surface area contributed by atoms with E-state index in [9.17, 15) is 9.59 Å². The van der Waals surface area contributed by atoms with Crippen LogP contribution in [0.1, 0.15) is 62.3 Å². The van der Waals surface area contributed by atoms with Crippen LogP contribution in [0.4, 0.5) is 11.5 Å². The molecule has 2 aliphatic rings. The van der Waals surface area contributed by atoms with Crippen molar-refractivity contribution < 1.29 is 24.2 Å². The lowest BCUT2D eigenvalue weighted by Gasteiger charge is -2.37. The fraction of sp³-hybridized carbons (Fsp3) is 0.457. The number of aliphatic hydroxyl groups is 1. The largest absolute Gasteiger partial charge is 0.493 e. The van der Waals surface area contributed by atoms with E-state index in [0.717, 1.165) is 54.6 Å². The van der Waals surface area contributed by atoms with Crippen LogP contribution in [-0.4, -0.2) is 68.0 Å². The number of aliphatic hydroxyl groups excluding tert-OH is 1. The zero-order valence-electron chi connectivity index (χ0n) is 27.0. The molecule has 10 nitrogen and oxygen atoms in total. The smallest absolute Gasteiger partial charge is 0.235 e. The maximum atomic E-state index is 13.8. The second kappa shape index (κ2) is 15.2. The number of nitrogens with one attached hydrogen (secondary N) is 2. The van der Waals surface area contributed by atoms with Crippen LogP contribution in [0, 0.1) is 5.92 Å². The third-order valence-electron chi connectivity index (χ3n) is 8.76. The number of ether oxygens (including phenoxy) is 2. The molecular weight excluding hydrogens is 606 g/mol. The number of pyridine rings is 1. The summed E-state index contributed by atoms with van der Waals surface area (Å²) < 4.78 is 11.7. The molecule has 3 N–H and O–H groups in total. The van der Waals surface area contributed by atoms with Gasteiger partial charge in [-0.2, -0.15) is 0 Å². The van der Waals surface area contributed by atoms with E-state index in [2.05, 4.69) is 22.6 Å². The number of carbonyl (C=O) groups is 2. The summed E-state index contributed by atoms with van der Waals surface area (Å²) in [6.07, 6.45) is 6.13. The van der Waals surface area contributed by atoms with Crippen LogP contribution < -0.4 is 29.9 Å². The van der Waals surface area contributed by atoms with E-state index < -0.39 is 6.04 Å². The first-order valence-electron chi connectivity index (χ1n) is 15.9. The summed E-state index contributed by atoms with van der Waals surface area (Å²) >= 11 is 6.26. The van der Waals surface area contributed by atoms with Crippen LogP contribution in [0.3, 0.4) is 0 Å². The highest BCUT2D eigenvalue weighted by Crippen LogP contribution is 2.43. The molecule has 3 aromatic rings. The number of halogens is 1. The molecule has 0 radical (unpaired) electrons. The minimum atomic E-state index is -0.427. The quantitative estimate of drug-likeness (QED) is 0.238. The molecule has 2 amide bonds. The number of aromatic nitrogens is 1. The summed E-state index contributed by atoms with van der Waals surface area (Å²) in [6, 6.07) is 15.3. The van der Waals surface area contributed by atoms with Gasteiger partial charge in [-0.1, -0.05) is 23.7 Å². The highest BCUT2D eigenvalue weighted by Gasteiger charge is 2.37. The van der Waals surface area contributed by atoms with Crippen LogP contribution in [0.25, 0.3) is 0 Å². The number of rotatable bonds is 12. The predicted octanol–water partition coefficient (Wildman–Crippen LogP) is 4.86. The number of nitrogens with zero attached hydrogens (tertiary/aromatic N) is 3. The lowest BCUT2D eigenvalue weighted by atomic mass is 9.85. The van der Waals surface area contributed by atoms with Crippen molar-refractivity contribution in [2.24, 2.45) is 5.92 Å². The Morgan fingerprint density at radius 3 is 2.48 bits per heavy atom. The number of hydrogen-bond acceptors (Lipinski definition) is 8. The molecule has 0 bridgehead atoms. The molecule has 2 aromatic carbocycles. The van der Waals surface area contributed by atoms with Gasteiger partial charge in [0.25, 0.3) is 0 Å². The zero-order valence-corrected chi connectivity index (χ0v) is 27.7. The fourth-order valence-corrected chi connectivity index (χ4v) is 6.60. The van der Waals surface area contributed by atoms with Gasteiger partial charge in [0.15, 0.2) is 11.5 Å². The van der Waals surface area contributed by atoms with Crippen molar-refractivity contribution in [3.63, 3.8) is 0 Å². The Morgan fingerprint density at radius 1 is 1.11 bits per heavy atom. The Kier molecular flexibility index (Phi) is 11.0. The maximum Gasteiger partial charge on any atom is 0.235 e. The standard InChI is InChI=1S/C35H44ClN5O5/c1-22(2)46-31-17-29-25(15-30(31)45-4)16-34(44)41(35(29)24-7-9-26(36)10-8-24)32-14-13-28(18-38-32)40(3)20-23-5-11-27(12-6-23)37-19-33(43)39-21-42/h7-10,13-15,17-18,22-23,27,35,37,42H,5-6,11-12,16,19-21H2,1-4H3,(H,39,43)/t23?,27?,35-/m0/s1. The van der Waals surface area contributed by atoms with Gasteiger partial charge >= 0.3 is 0 Å². The Bertz CT molecular complexity index is 1490. The molecular formula is C35H44ClN5O5. The SMILES string of the molecule is COc1cc2c(cc1OC(C)C)[C@H](c1ccc(Cl)cc1)N(c1ccc(N(C)CC3CCC(NCC(=O)NCO)CC3)cn1)C(=O)C2. The number of anilines is 2. The molecule has 246 valence electrons. The average Bonchev–Trinajstić information content (AvgIpc) is 3.04. The van der Waals surface area contributed by atoms with Gasteiger partial charge in [0.05, 0.1) is 44.1 Å². The molecule has 2 heterocycles. The van der Waals surface area contributed by atoms with Gasteiger partial charge in [0, 0.05) is 24.7 Å². The molecule has 46 heavy (non-hydrogen) atoms. The minimum absolute atomic E-state index is 0.0502. The van der Waals surface area contributed by atoms with E-state index in [-0.39, 0.29) is 37.6 Å². The lowest BCUT2D eigenvalue weighted by Crippen LogP contribution is -2.42. The molecule has 1 fully saturated rings. The van der Waals surface area contributed by atoms with Gasteiger partial charge in [-0.25, -0.2) is 4.98 Å². The highest BCUT2D eigenvalue weighted by atomic mass is 35.5. The molecule has 11 heteroatoms. The highest BCUT2D eigenvalue weighted by molar-refractivity contribution is 6.30. The van der Waals surface area contributed by atoms with E-state index >= 15 is 0 Å². The van der Waals surface area contributed by atoms with Crippen molar-refractivity contribution in [2.75, 3.05) is 43.8 Å². The Balaban J connectivity index is 1.33. The fourth-order valence-electron chi connectivity index (χ4n) is 6.47. The molecule has 1 aromatic heterocycles. The van der Waals surface area contributed by atoms with Gasteiger partial charge in [0.1, 0.15) is 12.5 Å². The summed E-state index contributed by atoms with van der Waals surface area (Å²) in [4.78, 5) is 34.3. The van der Waals surface area contributed by atoms with Crippen molar-refractivity contribution in [3.05, 3.63) is 76.4 Å². The molecule has 1 aliphatic heterocycles. The summed E-state index contributed by atoms with van der Waals surface area (Å²) in [5, 5.41) is 15.2. The van der Waals surface area contributed by atoms with Crippen LogP contribution in [0.2, 0.25) is 5.02 Å². The number of hydrogen-bond donors (Lipinski definition) is 3. The van der Waals surface area contributed by atoms with Crippen LogP contribution in [0.15, 0.2) is 54.7 Å². The van der Waals surface area contributed by atoms with Crippen molar-refractivity contribution in [1.82, 2.24) is 15.6 Å². The first-order chi connectivity index (χ1) is 22.2. The predicted molar refractivity (Wildman–Crippen MR) is 180 cm³/mol. The number of carbonyl (C=O) groups excluding carboxylic acids is 2. The van der Waals surface area contributed by atoms with Crippen LogP contribution in [-0.2, 0) is 16.0 Å². The van der Waals surface area contributed by atoms with E-state index in [1.807, 2.05) is 68.6 Å². The average molecular weight is 650 g/mol. The van der Waals surface area contributed by atoms with Crippen molar-refractivity contribution >= 4 is 34.9 Å². The normalized spacial score (nSPS) is 19.5. The van der Waals surface area contributed by atoms with E-state index in [1.54, 1.807) is 12.0 Å². The number of benzene rings is 2. The summed E-state index contributed by atoms with van der Waals surface area (Å²) in [5.41, 5.74) is 3.75. The zero-order chi connectivity index (χ0) is 32.8. The molecule has 1 saturated carbocycles. The Morgan fingerprint density at radius 2 is 1.85 bits per heavy atom. The van der Waals surface area contributed by atoms with Gasteiger partial charge in [-0.05, 0) is 98.5 Å². The first kappa shape index (κ1) is 33.5.